The normalized spacial score (nSPS) is 17.2. The second-order valence-electron chi connectivity index (χ2n) is 8.79. The first kappa shape index (κ1) is 24.9. The highest BCUT2D eigenvalue weighted by Crippen LogP contribution is 2.43. The van der Waals surface area contributed by atoms with E-state index in [1.54, 1.807) is 33.8 Å². The summed E-state index contributed by atoms with van der Waals surface area (Å²) in [5, 5.41) is 0. The van der Waals surface area contributed by atoms with Crippen LogP contribution < -0.4 is 4.74 Å². The lowest BCUT2D eigenvalue weighted by molar-refractivity contribution is -0.154. The molecule has 1 fully saturated rings. The van der Waals surface area contributed by atoms with Crippen molar-refractivity contribution >= 4 is 17.8 Å². The van der Waals surface area contributed by atoms with Crippen LogP contribution in [0.25, 0.3) is 5.57 Å². The van der Waals surface area contributed by atoms with Crippen LogP contribution in [0.1, 0.15) is 57.6 Å². The van der Waals surface area contributed by atoms with E-state index >= 15 is 0 Å². The van der Waals surface area contributed by atoms with Gasteiger partial charge in [-0.05, 0) is 76.6 Å². The van der Waals surface area contributed by atoms with E-state index in [-0.39, 0.29) is 17.1 Å². The van der Waals surface area contributed by atoms with Gasteiger partial charge in [0, 0.05) is 7.11 Å². The van der Waals surface area contributed by atoms with Gasteiger partial charge in [-0.3, -0.25) is 9.59 Å². The average molecular weight is 442 g/mol. The third-order valence-corrected chi connectivity index (χ3v) is 5.29. The van der Waals surface area contributed by atoms with Gasteiger partial charge >= 0.3 is 12.1 Å². The molecular weight excluding hydrogens is 413 g/mol. The van der Waals surface area contributed by atoms with Gasteiger partial charge < -0.3 is 14.2 Å². The number of halogens is 3. The maximum Gasteiger partial charge on any atom is 0.422 e. The third-order valence-electron chi connectivity index (χ3n) is 5.29. The summed E-state index contributed by atoms with van der Waals surface area (Å²) in [5.41, 5.74) is -0.785. The van der Waals surface area contributed by atoms with Crippen molar-refractivity contribution in [3.05, 3.63) is 35.1 Å². The Labute approximate surface area is 180 Å². The summed E-state index contributed by atoms with van der Waals surface area (Å²) in [6.07, 6.45) is -1.19. The molecule has 0 aliphatic heterocycles. The smallest absolute Gasteiger partial charge is 0.422 e. The number of hydrogen-bond acceptors (Lipinski definition) is 5. The molecule has 0 bridgehead atoms. The maximum absolute atomic E-state index is 12.7. The number of allylic oxidation sites excluding steroid dienone is 1. The number of esters is 1. The van der Waals surface area contributed by atoms with Gasteiger partial charge in [0.05, 0.1) is 11.0 Å². The predicted molar refractivity (Wildman–Crippen MR) is 109 cm³/mol. The number of methoxy groups -OCH3 is 1. The lowest BCUT2D eigenvalue weighted by Gasteiger charge is -2.32. The van der Waals surface area contributed by atoms with E-state index in [0.717, 1.165) is 12.8 Å². The zero-order valence-corrected chi connectivity index (χ0v) is 18.5. The molecule has 1 aliphatic carbocycles. The molecule has 8 heteroatoms. The molecule has 1 aromatic carbocycles. The number of rotatable bonds is 7. The van der Waals surface area contributed by atoms with E-state index in [0.29, 0.717) is 30.3 Å². The number of ether oxygens (including phenoxy) is 3. The molecule has 0 spiro atoms. The molecule has 31 heavy (non-hydrogen) atoms. The Kier molecular flexibility index (Phi) is 7.57. The first-order valence-corrected chi connectivity index (χ1v) is 10.1. The number of aryl methyl sites for hydroxylation is 1. The van der Waals surface area contributed by atoms with Crippen molar-refractivity contribution in [3.63, 3.8) is 0 Å². The Balaban J connectivity index is 2.63. The van der Waals surface area contributed by atoms with E-state index in [1.165, 1.54) is 19.2 Å². The second-order valence-corrected chi connectivity index (χ2v) is 8.79. The Hall–Kier alpha value is -2.35. The van der Waals surface area contributed by atoms with Gasteiger partial charge in [0.1, 0.15) is 11.4 Å². The number of aldehydes is 1. The van der Waals surface area contributed by atoms with Crippen LogP contribution in [-0.4, -0.2) is 37.7 Å². The lowest BCUT2D eigenvalue weighted by Crippen LogP contribution is -2.36. The van der Waals surface area contributed by atoms with Crippen LogP contribution >= 0.6 is 0 Å². The van der Waals surface area contributed by atoms with Crippen molar-refractivity contribution in [2.75, 3.05) is 13.7 Å². The van der Waals surface area contributed by atoms with Gasteiger partial charge in [0.15, 0.2) is 18.7 Å². The zero-order chi connectivity index (χ0) is 23.4. The molecule has 2 rings (SSSR count). The molecule has 1 saturated carbocycles. The minimum atomic E-state index is -4.49. The number of hydrogen-bond donors (Lipinski definition) is 0. The Morgan fingerprint density at radius 3 is 2.26 bits per heavy atom. The first-order chi connectivity index (χ1) is 14.3. The molecule has 0 aromatic heterocycles. The number of carbonyl (C=O) groups is 2. The average Bonchev–Trinajstić information content (AvgIpc) is 3.16. The van der Waals surface area contributed by atoms with Crippen molar-refractivity contribution in [1.29, 1.82) is 0 Å². The summed E-state index contributed by atoms with van der Waals surface area (Å²) < 4.78 is 54.1. The zero-order valence-electron chi connectivity index (χ0n) is 18.5. The highest BCUT2D eigenvalue weighted by atomic mass is 19.4. The van der Waals surface area contributed by atoms with Gasteiger partial charge in [-0.25, -0.2) is 0 Å². The van der Waals surface area contributed by atoms with E-state index in [2.05, 4.69) is 0 Å². The molecular formula is C23H29F3O5. The fraction of sp³-hybridized carbons (Fsp3) is 0.565. The van der Waals surface area contributed by atoms with Crippen molar-refractivity contribution in [3.8, 4) is 5.75 Å². The van der Waals surface area contributed by atoms with Gasteiger partial charge in [-0.15, -0.1) is 0 Å². The van der Waals surface area contributed by atoms with Crippen molar-refractivity contribution in [2.24, 2.45) is 5.41 Å². The van der Waals surface area contributed by atoms with Gasteiger partial charge in [-0.1, -0.05) is 6.07 Å². The molecule has 0 heterocycles. The Bertz CT molecular complexity index is 844. The maximum atomic E-state index is 12.7. The molecule has 5 nitrogen and oxygen atoms in total. The molecule has 0 amide bonds. The van der Waals surface area contributed by atoms with Gasteiger partial charge in [-0.2, -0.15) is 13.2 Å². The fourth-order valence-corrected chi connectivity index (χ4v) is 3.49. The number of carbonyl (C=O) groups excluding carboxylic acids is 2. The van der Waals surface area contributed by atoms with E-state index in [4.69, 9.17) is 14.2 Å². The molecule has 0 unspecified atom stereocenters. The summed E-state index contributed by atoms with van der Waals surface area (Å²) >= 11 is 0. The van der Waals surface area contributed by atoms with Crippen LogP contribution in [0.5, 0.6) is 5.75 Å². The van der Waals surface area contributed by atoms with Crippen LogP contribution in [0.2, 0.25) is 0 Å². The molecule has 0 atom stereocenters. The van der Waals surface area contributed by atoms with Crippen LogP contribution in [0, 0.1) is 12.3 Å². The first-order valence-electron chi connectivity index (χ1n) is 10.1. The van der Waals surface area contributed by atoms with E-state index in [1.807, 2.05) is 0 Å². The van der Waals surface area contributed by atoms with Crippen LogP contribution in [0.15, 0.2) is 24.0 Å². The van der Waals surface area contributed by atoms with Gasteiger partial charge in [0.2, 0.25) is 0 Å². The largest absolute Gasteiger partial charge is 0.484 e. The minimum absolute atomic E-state index is 0.0448. The van der Waals surface area contributed by atoms with E-state index in [9.17, 15) is 22.8 Å². The second kappa shape index (κ2) is 9.42. The van der Waals surface area contributed by atoms with Crippen molar-refractivity contribution in [2.45, 2.75) is 65.2 Å². The SMILES string of the molecule is COC1(/C(OC(=O)C(C)(C)C)=C(\C=O)c2cc(OCC(F)(F)F)ccc2C)CCCC1. The molecule has 172 valence electrons. The molecule has 0 saturated heterocycles. The predicted octanol–water partition coefficient (Wildman–Crippen LogP) is 5.39. The standard InChI is InChI=1S/C23H29F3O5/c1-15-8-9-16(30-14-23(24,25)26)12-17(15)18(13-27)19(31-20(28)21(2,3)4)22(29-5)10-6-7-11-22/h8-9,12-13H,6-7,10-11,14H2,1-5H3/b19-18-. The van der Waals surface area contributed by atoms with Crippen LogP contribution in [0.3, 0.4) is 0 Å². The monoisotopic (exact) mass is 442 g/mol. The lowest BCUT2D eigenvalue weighted by atomic mass is 9.90. The Morgan fingerprint density at radius 1 is 1.16 bits per heavy atom. The molecule has 0 radical (unpaired) electrons. The minimum Gasteiger partial charge on any atom is -0.484 e. The summed E-state index contributed by atoms with van der Waals surface area (Å²) in [6, 6.07) is 4.31. The van der Waals surface area contributed by atoms with Crippen molar-refractivity contribution < 1.29 is 37.0 Å². The summed E-state index contributed by atoms with van der Waals surface area (Å²) in [5.74, 6) is -0.484. The molecule has 0 N–H and O–H groups in total. The van der Waals surface area contributed by atoms with Gasteiger partial charge in [0.25, 0.3) is 0 Å². The molecule has 1 aromatic rings. The number of alkyl halides is 3. The summed E-state index contributed by atoms with van der Waals surface area (Å²) in [7, 11) is 1.49. The fourth-order valence-electron chi connectivity index (χ4n) is 3.49. The summed E-state index contributed by atoms with van der Waals surface area (Å²) in [4.78, 5) is 25.0. The van der Waals surface area contributed by atoms with Crippen LogP contribution in [0.4, 0.5) is 13.2 Å². The highest BCUT2D eigenvalue weighted by molar-refractivity contribution is 6.09. The Morgan fingerprint density at radius 2 is 1.77 bits per heavy atom. The highest BCUT2D eigenvalue weighted by Gasteiger charge is 2.43. The number of benzene rings is 1. The molecule has 1 aliphatic rings. The summed E-state index contributed by atoms with van der Waals surface area (Å²) in [6.45, 7) is 5.34. The van der Waals surface area contributed by atoms with Crippen molar-refractivity contribution in [1.82, 2.24) is 0 Å². The third kappa shape index (κ3) is 6.09. The van der Waals surface area contributed by atoms with E-state index < -0.39 is 29.8 Å². The topological polar surface area (TPSA) is 61.8 Å². The van der Waals surface area contributed by atoms with Crippen LogP contribution in [-0.2, 0) is 19.1 Å². The quantitative estimate of drug-likeness (QED) is 0.245.